The van der Waals surface area contributed by atoms with E-state index in [4.69, 9.17) is 14.7 Å². The highest BCUT2D eigenvalue weighted by Gasteiger charge is 2.49. The third-order valence-electron chi connectivity index (χ3n) is 6.78. The predicted molar refractivity (Wildman–Crippen MR) is 142 cm³/mol. The zero-order chi connectivity index (χ0) is 27.2. The summed E-state index contributed by atoms with van der Waals surface area (Å²) in [5.41, 5.74) is 3.69. The highest BCUT2D eigenvalue weighted by Crippen LogP contribution is 2.47. The molecule has 2 aromatic rings. The number of thiophene rings is 1. The van der Waals surface area contributed by atoms with Crippen molar-refractivity contribution in [1.82, 2.24) is 5.48 Å². The summed E-state index contributed by atoms with van der Waals surface area (Å²) < 4.78 is 31.0. The fourth-order valence-corrected chi connectivity index (χ4v) is 8.55. The third-order valence-corrected chi connectivity index (χ3v) is 10.8. The van der Waals surface area contributed by atoms with Gasteiger partial charge in [0.05, 0.1) is 18.6 Å². The Balaban J connectivity index is 1.52. The van der Waals surface area contributed by atoms with E-state index in [9.17, 15) is 22.8 Å². The Kier molecular flexibility index (Phi) is 9.19. The van der Waals surface area contributed by atoms with Crippen LogP contribution in [0.3, 0.4) is 0 Å². The van der Waals surface area contributed by atoms with Crippen LogP contribution in [0.15, 0.2) is 36.4 Å². The van der Waals surface area contributed by atoms with Crippen LogP contribution in [0.4, 0.5) is 5.69 Å². The maximum atomic E-state index is 13.4. The SMILES string of the molecule is O=C(O)CCC(=O)Nc1cccc(-c2ccc([C@@]3(CC(=O)NOC4CCCCO4)CCCCS3(=O)=O)s2)c1. The van der Waals surface area contributed by atoms with Gasteiger partial charge in [0.2, 0.25) is 11.8 Å². The molecule has 0 spiro atoms. The van der Waals surface area contributed by atoms with E-state index >= 15 is 0 Å². The summed E-state index contributed by atoms with van der Waals surface area (Å²) >= 11 is 1.31. The van der Waals surface area contributed by atoms with Crippen molar-refractivity contribution in [2.45, 2.75) is 68.8 Å². The molecule has 10 nitrogen and oxygen atoms in total. The summed E-state index contributed by atoms with van der Waals surface area (Å²) in [6.07, 6.45) is 2.94. The van der Waals surface area contributed by atoms with E-state index in [0.717, 1.165) is 23.3 Å². The molecule has 2 aliphatic rings. The van der Waals surface area contributed by atoms with Crippen molar-refractivity contribution in [3.8, 4) is 10.4 Å². The standard InChI is InChI=1S/C26H32N2O8S2/c29-22(11-12-24(31)32)27-19-7-5-6-18(16-19)20-9-10-21(37-20)26(13-2-4-15-38(26,33)34)17-23(30)28-36-25-8-1-3-14-35-25/h5-7,9-10,16,25H,1-4,8,11-15,17H2,(H,27,29)(H,28,30)(H,31,32)/t25?,26-/m0/s1. The van der Waals surface area contributed by atoms with Gasteiger partial charge in [-0.1, -0.05) is 18.6 Å². The summed E-state index contributed by atoms with van der Waals surface area (Å²) in [4.78, 5) is 42.5. The normalized spacial score (nSPS) is 22.9. The van der Waals surface area contributed by atoms with Crippen LogP contribution in [0.5, 0.6) is 0 Å². The minimum absolute atomic E-state index is 0.0119. The molecule has 2 amide bonds. The second-order valence-corrected chi connectivity index (χ2v) is 13.1. The van der Waals surface area contributed by atoms with Crippen LogP contribution in [0.25, 0.3) is 10.4 Å². The minimum atomic E-state index is -3.62. The van der Waals surface area contributed by atoms with Crippen LogP contribution in [0.2, 0.25) is 0 Å². The number of aliphatic carboxylic acids is 1. The second-order valence-electron chi connectivity index (χ2n) is 9.57. The number of carboxylic acids is 1. The first-order valence-electron chi connectivity index (χ1n) is 12.7. The lowest BCUT2D eigenvalue weighted by Gasteiger charge is -2.35. The highest BCUT2D eigenvalue weighted by molar-refractivity contribution is 7.92. The van der Waals surface area contributed by atoms with Gasteiger partial charge in [0, 0.05) is 34.9 Å². The number of rotatable bonds is 10. The lowest BCUT2D eigenvalue weighted by molar-refractivity contribution is -0.200. The van der Waals surface area contributed by atoms with Gasteiger partial charge >= 0.3 is 5.97 Å². The molecule has 0 saturated carbocycles. The zero-order valence-electron chi connectivity index (χ0n) is 20.9. The Morgan fingerprint density at radius 3 is 2.66 bits per heavy atom. The second kappa shape index (κ2) is 12.4. The quantitative estimate of drug-likeness (QED) is 0.367. The van der Waals surface area contributed by atoms with E-state index in [0.29, 0.717) is 42.9 Å². The Morgan fingerprint density at radius 2 is 1.92 bits per heavy atom. The van der Waals surface area contributed by atoms with Crippen LogP contribution in [0.1, 0.15) is 62.7 Å². The molecule has 38 heavy (non-hydrogen) atoms. The number of carboxylic acid groups (broad SMARTS) is 1. The first kappa shape index (κ1) is 28.2. The van der Waals surface area contributed by atoms with Crippen molar-refractivity contribution < 1.29 is 37.5 Å². The molecule has 1 unspecified atom stereocenters. The molecule has 3 N–H and O–H groups in total. The van der Waals surface area contributed by atoms with E-state index in [1.165, 1.54) is 11.3 Å². The van der Waals surface area contributed by atoms with Gasteiger partial charge in [0.25, 0.3) is 0 Å². The Morgan fingerprint density at radius 1 is 1.08 bits per heavy atom. The fraction of sp³-hybridized carbons (Fsp3) is 0.500. The monoisotopic (exact) mass is 564 g/mol. The molecule has 0 aliphatic carbocycles. The van der Waals surface area contributed by atoms with Gasteiger partial charge in [-0.3, -0.25) is 14.4 Å². The Hall–Kier alpha value is -2.80. The van der Waals surface area contributed by atoms with Crippen molar-refractivity contribution in [2.24, 2.45) is 0 Å². The molecule has 2 aliphatic heterocycles. The van der Waals surface area contributed by atoms with Gasteiger partial charge in [-0.15, -0.1) is 11.3 Å². The van der Waals surface area contributed by atoms with E-state index < -0.39 is 38.7 Å². The van der Waals surface area contributed by atoms with E-state index in [1.54, 1.807) is 24.3 Å². The maximum absolute atomic E-state index is 13.4. The van der Waals surface area contributed by atoms with Crippen molar-refractivity contribution in [1.29, 1.82) is 0 Å². The van der Waals surface area contributed by atoms with Crippen LogP contribution in [0, 0.1) is 0 Å². The fourth-order valence-electron chi connectivity index (χ4n) is 4.78. The van der Waals surface area contributed by atoms with E-state index in [2.05, 4.69) is 10.8 Å². The number of ether oxygens (including phenoxy) is 1. The van der Waals surface area contributed by atoms with Gasteiger partial charge < -0.3 is 15.2 Å². The number of benzene rings is 1. The average Bonchev–Trinajstić information content (AvgIpc) is 3.39. The lowest BCUT2D eigenvalue weighted by Crippen LogP contribution is -2.45. The molecule has 4 rings (SSSR count). The van der Waals surface area contributed by atoms with Gasteiger partial charge in [0.15, 0.2) is 16.1 Å². The van der Waals surface area contributed by atoms with Crippen molar-refractivity contribution in [3.05, 3.63) is 41.3 Å². The van der Waals surface area contributed by atoms with E-state index in [-0.39, 0.29) is 25.0 Å². The lowest BCUT2D eigenvalue weighted by atomic mass is 9.94. The smallest absolute Gasteiger partial charge is 0.303 e. The predicted octanol–water partition coefficient (Wildman–Crippen LogP) is 3.98. The van der Waals surface area contributed by atoms with Crippen LogP contribution < -0.4 is 10.8 Å². The molecular weight excluding hydrogens is 532 g/mol. The van der Waals surface area contributed by atoms with Crippen molar-refractivity contribution in [2.75, 3.05) is 17.7 Å². The number of hydrogen-bond acceptors (Lipinski definition) is 8. The number of carbonyl (C=O) groups excluding carboxylic acids is 2. The van der Waals surface area contributed by atoms with Gasteiger partial charge in [0.1, 0.15) is 4.75 Å². The number of amides is 2. The molecule has 1 aromatic carbocycles. The summed E-state index contributed by atoms with van der Waals surface area (Å²) in [5.74, 6) is -1.95. The highest BCUT2D eigenvalue weighted by atomic mass is 32.2. The molecule has 0 bridgehead atoms. The molecule has 2 saturated heterocycles. The molecule has 0 radical (unpaired) electrons. The maximum Gasteiger partial charge on any atom is 0.303 e. The molecule has 3 heterocycles. The summed E-state index contributed by atoms with van der Waals surface area (Å²) in [6.45, 7) is 0.560. The topological polar surface area (TPSA) is 148 Å². The Bertz CT molecular complexity index is 1270. The third kappa shape index (κ3) is 6.79. The number of hydroxylamine groups is 1. The molecule has 2 atom stereocenters. The van der Waals surface area contributed by atoms with E-state index in [1.807, 2.05) is 12.1 Å². The number of carbonyl (C=O) groups is 3. The van der Waals surface area contributed by atoms with Gasteiger partial charge in [-0.05, 0) is 55.5 Å². The first-order valence-corrected chi connectivity index (χ1v) is 15.2. The van der Waals surface area contributed by atoms with Crippen LogP contribution in [-0.2, 0) is 38.5 Å². The number of anilines is 1. The summed E-state index contributed by atoms with van der Waals surface area (Å²) in [7, 11) is -3.62. The summed E-state index contributed by atoms with van der Waals surface area (Å²) in [6, 6.07) is 10.6. The van der Waals surface area contributed by atoms with Crippen LogP contribution >= 0.6 is 11.3 Å². The van der Waals surface area contributed by atoms with Crippen LogP contribution in [-0.4, -0.2) is 50.0 Å². The van der Waals surface area contributed by atoms with Gasteiger partial charge in [-0.2, -0.15) is 0 Å². The average molecular weight is 565 g/mol. The van der Waals surface area contributed by atoms with Gasteiger partial charge in [-0.25, -0.2) is 18.7 Å². The molecule has 1 aromatic heterocycles. The number of hydrogen-bond donors (Lipinski definition) is 3. The largest absolute Gasteiger partial charge is 0.481 e. The minimum Gasteiger partial charge on any atom is -0.481 e. The molecular formula is C26H32N2O8S2. The van der Waals surface area contributed by atoms with Crippen molar-refractivity contribution in [3.63, 3.8) is 0 Å². The Labute approximate surface area is 225 Å². The number of sulfone groups is 1. The molecule has 206 valence electrons. The molecule has 2 fully saturated rings. The number of nitrogens with one attached hydrogen (secondary N) is 2. The van der Waals surface area contributed by atoms with Crippen molar-refractivity contribution >= 4 is 44.6 Å². The first-order chi connectivity index (χ1) is 18.2. The molecule has 12 heteroatoms. The zero-order valence-corrected chi connectivity index (χ0v) is 22.6. The summed E-state index contributed by atoms with van der Waals surface area (Å²) in [5, 5.41) is 11.5.